The molecule has 1 aromatic carbocycles. The van der Waals surface area contributed by atoms with Crippen LogP contribution in [-0.4, -0.2) is 35.7 Å². The molecule has 134 valence electrons. The van der Waals surface area contributed by atoms with Gasteiger partial charge in [0.15, 0.2) is 6.61 Å². The highest BCUT2D eigenvalue weighted by atomic mass is 32.1. The van der Waals surface area contributed by atoms with E-state index in [0.29, 0.717) is 17.2 Å². The molecule has 0 spiro atoms. The number of esters is 1. The van der Waals surface area contributed by atoms with Gasteiger partial charge in [-0.25, -0.2) is 0 Å². The normalized spacial score (nSPS) is 10.3. The quantitative estimate of drug-likeness (QED) is 0.634. The van der Waals surface area contributed by atoms with Crippen LogP contribution in [-0.2, 0) is 16.1 Å². The van der Waals surface area contributed by atoms with Gasteiger partial charge < -0.3 is 19.3 Å². The summed E-state index contributed by atoms with van der Waals surface area (Å²) in [5.74, 6) is -0.0164. The van der Waals surface area contributed by atoms with E-state index in [1.165, 1.54) is 18.4 Å². The third-order valence-corrected chi connectivity index (χ3v) is 4.03. The second-order valence-electron chi connectivity index (χ2n) is 5.07. The van der Waals surface area contributed by atoms with Crippen LogP contribution in [0.4, 0.5) is 0 Å². The van der Waals surface area contributed by atoms with Gasteiger partial charge in [0.2, 0.25) is 5.82 Å². The van der Waals surface area contributed by atoms with Crippen LogP contribution in [0.2, 0.25) is 0 Å². The number of hydrogen-bond donors (Lipinski definition) is 1. The molecule has 0 aliphatic heterocycles. The summed E-state index contributed by atoms with van der Waals surface area (Å²) in [6.07, 6.45) is 0. The van der Waals surface area contributed by atoms with E-state index in [1.807, 2.05) is 16.8 Å². The lowest BCUT2D eigenvalue weighted by Crippen LogP contribution is -2.30. The molecular weight excluding hydrogens is 358 g/mol. The van der Waals surface area contributed by atoms with E-state index in [9.17, 15) is 9.59 Å². The Morgan fingerprint density at radius 2 is 2.12 bits per heavy atom. The fraction of sp³-hybridized carbons (Fsp3) is 0.176. The third kappa shape index (κ3) is 4.25. The van der Waals surface area contributed by atoms with Crippen LogP contribution in [0, 0.1) is 0 Å². The van der Waals surface area contributed by atoms with Crippen molar-refractivity contribution in [3.8, 4) is 17.2 Å². The van der Waals surface area contributed by atoms with Crippen LogP contribution in [0.1, 0.15) is 16.2 Å². The van der Waals surface area contributed by atoms with Crippen molar-refractivity contribution in [1.29, 1.82) is 0 Å². The van der Waals surface area contributed by atoms with Crippen LogP contribution in [0.25, 0.3) is 11.5 Å². The first-order valence-corrected chi connectivity index (χ1v) is 8.53. The fourth-order valence-corrected chi connectivity index (χ4v) is 2.72. The zero-order valence-corrected chi connectivity index (χ0v) is 14.6. The Hall–Kier alpha value is -3.20. The number of nitrogens with one attached hydrogen (secondary N) is 1. The van der Waals surface area contributed by atoms with Gasteiger partial charge in [-0.1, -0.05) is 17.3 Å². The molecule has 1 N–H and O–H groups in total. The maximum absolute atomic E-state index is 12.1. The van der Waals surface area contributed by atoms with E-state index in [1.54, 1.807) is 24.3 Å². The van der Waals surface area contributed by atoms with E-state index in [2.05, 4.69) is 15.5 Å². The highest BCUT2D eigenvalue weighted by Crippen LogP contribution is 2.20. The molecule has 0 bridgehead atoms. The number of thiophene rings is 1. The van der Waals surface area contributed by atoms with Crippen molar-refractivity contribution in [3.63, 3.8) is 0 Å². The molecule has 9 heteroatoms. The SMILES string of the molecule is COc1ccccc1C(=O)NCC(=O)OCc1noc(-c2ccsc2)n1. The number of nitrogens with zero attached hydrogens (tertiary/aromatic N) is 2. The van der Waals surface area contributed by atoms with Gasteiger partial charge in [0, 0.05) is 5.38 Å². The Morgan fingerprint density at radius 3 is 2.88 bits per heavy atom. The zero-order chi connectivity index (χ0) is 18.4. The standard InChI is InChI=1S/C17H15N3O5S/c1-23-13-5-3-2-4-12(13)16(22)18-8-15(21)24-9-14-19-17(25-20-14)11-6-7-26-10-11/h2-7,10H,8-9H2,1H3,(H,18,22). The summed E-state index contributed by atoms with van der Waals surface area (Å²) < 4.78 is 15.2. The van der Waals surface area contributed by atoms with Crippen molar-refractivity contribution >= 4 is 23.2 Å². The van der Waals surface area contributed by atoms with Crippen molar-refractivity contribution in [3.05, 3.63) is 52.5 Å². The van der Waals surface area contributed by atoms with Crippen molar-refractivity contribution in [1.82, 2.24) is 15.5 Å². The molecule has 0 fully saturated rings. The molecule has 3 aromatic rings. The predicted molar refractivity (Wildman–Crippen MR) is 92.7 cm³/mol. The van der Waals surface area contributed by atoms with Gasteiger partial charge in [-0.05, 0) is 23.6 Å². The number of benzene rings is 1. The molecule has 0 saturated heterocycles. The van der Waals surface area contributed by atoms with E-state index in [4.69, 9.17) is 14.0 Å². The number of para-hydroxylation sites is 1. The van der Waals surface area contributed by atoms with Crippen LogP contribution in [0.15, 0.2) is 45.6 Å². The average molecular weight is 373 g/mol. The smallest absolute Gasteiger partial charge is 0.325 e. The van der Waals surface area contributed by atoms with Crippen LogP contribution < -0.4 is 10.1 Å². The Kier molecular flexibility index (Phi) is 5.59. The van der Waals surface area contributed by atoms with Gasteiger partial charge in [-0.3, -0.25) is 9.59 Å². The summed E-state index contributed by atoms with van der Waals surface area (Å²) in [7, 11) is 1.47. The molecule has 2 aromatic heterocycles. The average Bonchev–Trinajstić information content (AvgIpc) is 3.35. The molecule has 3 rings (SSSR count). The molecule has 0 aliphatic rings. The van der Waals surface area contributed by atoms with Crippen molar-refractivity contribution in [2.75, 3.05) is 13.7 Å². The molecule has 0 unspecified atom stereocenters. The summed E-state index contributed by atoms with van der Waals surface area (Å²) in [5, 5.41) is 9.99. The van der Waals surface area contributed by atoms with E-state index in [0.717, 1.165) is 5.56 Å². The van der Waals surface area contributed by atoms with Crippen molar-refractivity contribution in [2.45, 2.75) is 6.61 Å². The number of methoxy groups -OCH3 is 1. The Balaban J connectivity index is 1.48. The number of carbonyl (C=O) groups excluding carboxylic acids is 2. The highest BCUT2D eigenvalue weighted by molar-refractivity contribution is 7.08. The van der Waals surface area contributed by atoms with Gasteiger partial charge in [-0.15, -0.1) is 0 Å². The zero-order valence-electron chi connectivity index (χ0n) is 13.8. The lowest BCUT2D eigenvalue weighted by Gasteiger charge is -2.08. The summed E-state index contributed by atoms with van der Waals surface area (Å²) in [5.41, 5.74) is 1.14. The molecule has 8 nitrogen and oxygen atoms in total. The van der Waals surface area contributed by atoms with Gasteiger partial charge in [0.25, 0.3) is 11.8 Å². The third-order valence-electron chi connectivity index (χ3n) is 3.34. The lowest BCUT2D eigenvalue weighted by molar-refractivity contribution is -0.143. The van der Waals surface area contributed by atoms with Gasteiger partial charge in [0.1, 0.15) is 12.3 Å². The van der Waals surface area contributed by atoms with E-state index < -0.39 is 11.9 Å². The van der Waals surface area contributed by atoms with Crippen LogP contribution in [0.5, 0.6) is 5.75 Å². The maximum Gasteiger partial charge on any atom is 0.325 e. The summed E-state index contributed by atoms with van der Waals surface area (Å²) in [6.45, 7) is -0.427. The summed E-state index contributed by atoms with van der Waals surface area (Å²) in [6, 6.07) is 8.57. The first-order valence-electron chi connectivity index (χ1n) is 7.59. The molecule has 0 atom stereocenters. The minimum Gasteiger partial charge on any atom is -0.496 e. The Morgan fingerprint density at radius 1 is 1.27 bits per heavy atom. The largest absolute Gasteiger partial charge is 0.496 e. The number of rotatable bonds is 7. The van der Waals surface area contributed by atoms with Gasteiger partial charge in [0.05, 0.1) is 18.2 Å². The molecule has 26 heavy (non-hydrogen) atoms. The maximum atomic E-state index is 12.1. The number of amides is 1. The number of hydrogen-bond acceptors (Lipinski definition) is 8. The molecule has 1 amide bonds. The topological polar surface area (TPSA) is 104 Å². The van der Waals surface area contributed by atoms with E-state index in [-0.39, 0.29) is 19.0 Å². The minimum atomic E-state index is -0.616. The van der Waals surface area contributed by atoms with Crippen LogP contribution >= 0.6 is 11.3 Å². The summed E-state index contributed by atoms with van der Waals surface area (Å²) in [4.78, 5) is 28.0. The van der Waals surface area contributed by atoms with Crippen LogP contribution in [0.3, 0.4) is 0 Å². The van der Waals surface area contributed by atoms with Crippen molar-refractivity contribution in [2.24, 2.45) is 0 Å². The second kappa shape index (κ2) is 8.26. The predicted octanol–water partition coefficient (Wildman–Crippen LogP) is 2.28. The van der Waals surface area contributed by atoms with Crippen molar-refractivity contribution < 1.29 is 23.6 Å². The van der Waals surface area contributed by atoms with Gasteiger partial charge >= 0.3 is 5.97 Å². The summed E-state index contributed by atoms with van der Waals surface area (Å²) >= 11 is 1.51. The molecular formula is C17H15N3O5S. The second-order valence-corrected chi connectivity index (χ2v) is 5.85. The molecule has 2 heterocycles. The number of ether oxygens (including phenoxy) is 2. The Bertz CT molecular complexity index is 891. The first kappa shape index (κ1) is 17.6. The highest BCUT2D eigenvalue weighted by Gasteiger charge is 2.14. The monoisotopic (exact) mass is 373 g/mol. The van der Waals surface area contributed by atoms with E-state index >= 15 is 0 Å². The number of carbonyl (C=O) groups is 2. The lowest BCUT2D eigenvalue weighted by atomic mass is 10.2. The number of aromatic nitrogens is 2. The van der Waals surface area contributed by atoms with Gasteiger partial charge in [-0.2, -0.15) is 16.3 Å². The first-order chi connectivity index (χ1) is 12.7. The Labute approximate surface area is 152 Å². The minimum absolute atomic E-state index is 0.142. The molecule has 0 aliphatic carbocycles. The molecule has 0 radical (unpaired) electrons. The fourth-order valence-electron chi connectivity index (χ4n) is 2.09. The molecule has 0 saturated carbocycles.